The van der Waals surface area contributed by atoms with Crippen LogP contribution in [0, 0.1) is 11.3 Å². The number of carbonyl (C=O) groups is 1. The molecule has 1 amide bonds. The van der Waals surface area contributed by atoms with E-state index in [1.165, 1.54) is 25.7 Å². The summed E-state index contributed by atoms with van der Waals surface area (Å²) in [6.07, 6.45) is 5.09. The molecular formula is C14H28N2O. The molecule has 0 aromatic heterocycles. The van der Waals surface area contributed by atoms with Gasteiger partial charge in [-0.1, -0.05) is 33.6 Å². The Morgan fingerprint density at radius 3 is 2.35 bits per heavy atom. The van der Waals surface area contributed by atoms with Gasteiger partial charge in [0.2, 0.25) is 5.91 Å². The average Bonchev–Trinajstić information content (AvgIpc) is 2.27. The Hall–Kier alpha value is -0.570. The maximum atomic E-state index is 11.6. The monoisotopic (exact) mass is 240 g/mol. The van der Waals surface area contributed by atoms with Crippen LogP contribution in [0.4, 0.5) is 0 Å². The van der Waals surface area contributed by atoms with Crippen LogP contribution in [0.25, 0.3) is 0 Å². The van der Waals surface area contributed by atoms with Crippen LogP contribution in [-0.2, 0) is 4.79 Å². The summed E-state index contributed by atoms with van der Waals surface area (Å²) in [5, 5.41) is 6.22. The molecule has 1 aliphatic carbocycles. The fourth-order valence-electron chi connectivity index (χ4n) is 2.98. The summed E-state index contributed by atoms with van der Waals surface area (Å²) in [6.45, 7) is 8.87. The molecule has 3 atom stereocenters. The third-order valence-electron chi connectivity index (χ3n) is 3.98. The molecule has 0 radical (unpaired) electrons. The normalized spacial score (nSPS) is 27.6. The lowest BCUT2D eigenvalue weighted by Gasteiger charge is -2.41. The molecule has 1 rings (SSSR count). The zero-order valence-electron chi connectivity index (χ0n) is 12.0. The summed E-state index contributed by atoms with van der Waals surface area (Å²) in [5.74, 6) is 0.756. The van der Waals surface area contributed by atoms with E-state index in [4.69, 9.17) is 0 Å². The van der Waals surface area contributed by atoms with Crippen molar-refractivity contribution in [2.45, 2.75) is 65.5 Å². The molecule has 0 aliphatic heterocycles. The van der Waals surface area contributed by atoms with Crippen molar-refractivity contribution in [1.29, 1.82) is 0 Å². The molecule has 0 aromatic rings. The third kappa shape index (κ3) is 3.98. The first-order valence-electron chi connectivity index (χ1n) is 6.84. The second-order valence-electron chi connectivity index (χ2n) is 6.37. The van der Waals surface area contributed by atoms with E-state index in [9.17, 15) is 4.79 Å². The van der Waals surface area contributed by atoms with Crippen molar-refractivity contribution in [3.05, 3.63) is 0 Å². The zero-order chi connectivity index (χ0) is 13.1. The number of carbonyl (C=O) groups excluding carboxylic acids is 1. The molecule has 0 bridgehead atoms. The van der Waals surface area contributed by atoms with Crippen molar-refractivity contribution in [2.24, 2.45) is 11.3 Å². The fourth-order valence-corrected chi connectivity index (χ4v) is 2.98. The second-order valence-corrected chi connectivity index (χ2v) is 6.37. The van der Waals surface area contributed by atoms with Crippen molar-refractivity contribution >= 4 is 5.91 Å². The van der Waals surface area contributed by atoms with Crippen LogP contribution in [0.3, 0.4) is 0 Å². The first kappa shape index (κ1) is 14.5. The fraction of sp³-hybridized carbons (Fsp3) is 0.929. The molecule has 17 heavy (non-hydrogen) atoms. The Bertz CT molecular complexity index is 257. The van der Waals surface area contributed by atoms with Crippen LogP contribution in [0.1, 0.15) is 53.4 Å². The van der Waals surface area contributed by atoms with Gasteiger partial charge < -0.3 is 10.6 Å². The highest BCUT2D eigenvalue weighted by Gasteiger charge is 2.35. The third-order valence-corrected chi connectivity index (χ3v) is 3.98. The van der Waals surface area contributed by atoms with Gasteiger partial charge in [-0.25, -0.2) is 0 Å². The van der Waals surface area contributed by atoms with E-state index in [0.29, 0.717) is 17.4 Å². The van der Waals surface area contributed by atoms with Gasteiger partial charge in [-0.3, -0.25) is 4.79 Å². The molecule has 1 fully saturated rings. The summed E-state index contributed by atoms with van der Waals surface area (Å²) >= 11 is 0. The number of rotatable bonds is 3. The Morgan fingerprint density at radius 2 is 1.82 bits per heavy atom. The lowest BCUT2D eigenvalue weighted by atomic mass is 9.69. The Balaban J connectivity index is 2.63. The molecule has 1 saturated carbocycles. The number of nitrogens with one attached hydrogen (secondary N) is 2. The standard InChI is InChI=1S/C14H28N2O/c1-10(13(17)15-5)16-12-9-7-6-8-11(12)14(2,3)4/h10-12,16H,6-9H2,1-5H3,(H,15,17). The molecule has 0 saturated heterocycles. The lowest BCUT2D eigenvalue weighted by Crippen LogP contribution is -2.51. The minimum absolute atomic E-state index is 0.0863. The summed E-state index contributed by atoms with van der Waals surface area (Å²) in [4.78, 5) is 11.6. The highest BCUT2D eigenvalue weighted by molar-refractivity contribution is 5.80. The van der Waals surface area contributed by atoms with Crippen LogP contribution < -0.4 is 10.6 Å². The topological polar surface area (TPSA) is 41.1 Å². The largest absolute Gasteiger partial charge is 0.358 e. The van der Waals surface area contributed by atoms with Crippen molar-refractivity contribution in [2.75, 3.05) is 7.05 Å². The molecule has 0 aromatic carbocycles. The van der Waals surface area contributed by atoms with Crippen molar-refractivity contribution < 1.29 is 4.79 Å². The van der Waals surface area contributed by atoms with Crippen LogP contribution >= 0.6 is 0 Å². The number of likely N-dealkylation sites (N-methyl/N-ethyl adjacent to an activating group) is 1. The maximum Gasteiger partial charge on any atom is 0.236 e. The van der Waals surface area contributed by atoms with Gasteiger partial charge in [0.15, 0.2) is 0 Å². The second kappa shape index (κ2) is 5.85. The zero-order valence-corrected chi connectivity index (χ0v) is 12.0. The predicted molar refractivity (Wildman–Crippen MR) is 71.9 cm³/mol. The van der Waals surface area contributed by atoms with Crippen molar-refractivity contribution in [3.8, 4) is 0 Å². The molecular weight excluding hydrogens is 212 g/mol. The first-order chi connectivity index (χ1) is 7.86. The van der Waals surface area contributed by atoms with Gasteiger partial charge in [-0.05, 0) is 31.1 Å². The van der Waals surface area contributed by atoms with Crippen LogP contribution in [0.2, 0.25) is 0 Å². The minimum Gasteiger partial charge on any atom is -0.358 e. The van der Waals surface area contributed by atoms with Crippen molar-refractivity contribution in [1.82, 2.24) is 10.6 Å². The van der Waals surface area contributed by atoms with E-state index >= 15 is 0 Å². The maximum absolute atomic E-state index is 11.6. The van der Waals surface area contributed by atoms with Gasteiger partial charge in [0.05, 0.1) is 6.04 Å². The summed E-state index contributed by atoms with van der Waals surface area (Å²) in [7, 11) is 1.70. The number of amides is 1. The molecule has 2 N–H and O–H groups in total. The number of hydrogen-bond donors (Lipinski definition) is 2. The summed E-state index contributed by atoms with van der Waals surface area (Å²) in [6, 6.07) is 0.393. The van der Waals surface area contributed by atoms with E-state index in [0.717, 1.165) is 0 Å². The Kier molecular flexibility index (Phi) is 4.99. The van der Waals surface area contributed by atoms with E-state index < -0.39 is 0 Å². The van der Waals surface area contributed by atoms with Gasteiger partial charge >= 0.3 is 0 Å². The molecule has 3 heteroatoms. The van der Waals surface area contributed by atoms with Crippen LogP contribution in [0.15, 0.2) is 0 Å². The van der Waals surface area contributed by atoms with Gasteiger partial charge in [0, 0.05) is 13.1 Å². The lowest BCUT2D eigenvalue weighted by molar-refractivity contribution is -0.122. The quantitative estimate of drug-likeness (QED) is 0.795. The molecule has 100 valence electrons. The minimum atomic E-state index is -0.0899. The average molecular weight is 240 g/mol. The van der Waals surface area contributed by atoms with E-state index in [1.807, 2.05) is 6.92 Å². The highest BCUT2D eigenvalue weighted by atomic mass is 16.2. The van der Waals surface area contributed by atoms with E-state index in [1.54, 1.807) is 7.05 Å². The van der Waals surface area contributed by atoms with Crippen molar-refractivity contribution in [3.63, 3.8) is 0 Å². The Morgan fingerprint density at radius 1 is 1.24 bits per heavy atom. The smallest absolute Gasteiger partial charge is 0.236 e. The van der Waals surface area contributed by atoms with Gasteiger partial charge in [-0.2, -0.15) is 0 Å². The predicted octanol–water partition coefficient (Wildman–Crippen LogP) is 2.32. The SMILES string of the molecule is CNC(=O)C(C)NC1CCCCC1C(C)(C)C. The molecule has 0 spiro atoms. The van der Waals surface area contributed by atoms with E-state index in [2.05, 4.69) is 31.4 Å². The highest BCUT2D eigenvalue weighted by Crippen LogP contribution is 2.38. The Labute approximate surface area is 106 Å². The van der Waals surface area contributed by atoms with Gasteiger partial charge in [-0.15, -0.1) is 0 Å². The number of hydrogen-bond acceptors (Lipinski definition) is 2. The van der Waals surface area contributed by atoms with Crippen LogP contribution in [-0.4, -0.2) is 25.0 Å². The summed E-state index contributed by atoms with van der Waals surface area (Å²) < 4.78 is 0. The molecule has 3 unspecified atom stereocenters. The molecule has 1 aliphatic rings. The molecule has 0 heterocycles. The molecule has 3 nitrogen and oxygen atoms in total. The van der Waals surface area contributed by atoms with Gasteiger partial charge in [0.25, 0.3) is 0 Å². The van der Waals surface area contributed by atoms with E-state index in [-0.39, 0.29) is 11.9 Å². The summed E-state index contributed by atoms with van der Waals surface area (Å²) in [5.41, 5.74) is 0.320. The van der Waals surface area contributed by atoms with Crippen LogP contribution in [0.5, 0.6) is 0 Å². The first-order valence-corrected chi connectivity index (χ1v) is 6.84. The van der Waals surface area contributed by atoms with Gasteiger partial charge in [0.1, 0.15) is 0 Å².